The van der Waals surface area contributed by atoms with Crippen molar-refractivity contribution in [3.63, 3.8) is 0 Å². The number of thioether (sulfide) groups is 2. The molecule has 0 saturated carbocycles. The van der Waals surface area contributed by atoms with Crippen LogP contribution in [0.25, 0.3) is 0 Å². The molecule has 1 aromatic rings. The van der Waals surface area contributed by atoms with Crippen LogP contribution in [0.5, 0.6) is 11.5 Å². The van der Waals surface area contributed by atoms with Gasteiger partial charge < -0.3 is 14.4 Å². The molecule has 1 aliphatic heterocycles. The van der Waals surface area contributed by atoms with Gasteiger partial charge in [-0.25, -0.2) is 0 Å². The van der Waals surface area contributed by atoms with Crippen molar-refractivity contribution in [2.45, 2.75) is 43.7 Å². The van der Waals surface area contributed by atoms with Gasteiger partial charge in [-0.15, -0.1) is 23.5 Å². The summed E-state index contributed by atoms with van der Waals surface area (Å²) in [5.41, 5.74) is -0.398. The zero-order valence-corrected chi connectivity index (χ0v) is 22.3. The van der Waals surface area contributed by atoms with Crippen molar-refractivity contribution in [1.29, 1.82) is 0 Å². The van der Waals surface area contributed by atoms with Gasteiger partial charge in [0.15, 0.2) is 11.5 Å². The van der Waals surface area contributed by atoms with E-state index in [1.54, 1.807) is 28.4 Å². The van der Waals surface area contributed by atoms with E-state index in [4.69, 9.17) is 9.47 Å². The molecule has 1 aliphatic rings. The van der Waals surface area contributed by atoms with Gasteiger partial charge in [0.1, 0.15) is 5.56 Å². The second-order valence-corrected chi connectivity index (χ2v) is 12.3. The summed E-state index contributed by atoms with van der Waals surface area (Å²) < 4.78 is 37.9. The zero-order chi connectivity index (χ0) is 25.3. The Hall–Kier alpha value is -1.70. The number of nitro groups is 1. The van der Waals surface area contributed by atoms with Crippen LogP contribution < -0.4 is 9.47 Å². The minimum atomic E-state index is -3.56. The van der Waals surface area contributed by atoms with Crippen LogP contribution in [0.4, 0.5) is 5.69 Å². The molecule has 1 saturated heterocycles. The largest absolute Gasteiger partial charge is 0.493 e. The molecule has 1 heterocycles. The van der Waals surface area contributed by atoms with E-state index in [0.717, 1.165) is 30.6 Å². The number of carbonyl (C=O) groups is 1. The number of hydrogen-bond acceptors (Lipinski definition) is 10. The zero-order valence-electron chi connectivity index (χ0n) is 19.9. The second kappa shape index (κ2) is 13.4. The minimum absolute atomic E-state index is 0.00114. The molecule has 0 N–H and O–H groups in total. The Balaban J connectivity index is 2.26. The molecular formula is C21H32N2O8S3. The van der Waals surface area contributed by atoms with Crippen LogP contribution in [-0.4, -0.2) is 79.4 Å². The number of methoxy groups -OCH3 is 1. The molecule has 0 spiro atoms. The average Bonchev–Trinajstić information content (AvgIpc) is 3.26. The Morgan fingerprint density at radius 1 is 1.24 bits per heavy atom. The molecule has 0 aliphatic carbocycles. The topological polar surface area (TPSA) is 125 Å². The van der Waals surface area contributed by atoms with Gasteiger partial charge in [0.2, 0.25) is 0 Å². The Morgan fingerprint density at radius 2 is 1.91 bits per heavy atom. The maximum Gasteiger partial charge on any atom is 0.286 e. The molecule has 0 bridgehead atoms. The molecule has 10 nitrogen and oxygen atoms in total. The van der Waals surface area contributed by atoms with E-state index in [1.165, 1.54) is 19.2 Å². The van der Waals surface area contributed by atoms with Crippen LogP contribution >= 0.6 is 23.5 Å². The number of hydrogen-bond donors (Lipinski definition) is 0. The van der Waals surface area contributed by atoms with E-state index in [1.807, 2.05) is 0 Å². The molecule has 1 atom stereocenters. The fraction of sp³-hybridized carbons (Fsp3) is 0.667. The number of amides is 1. The highest BCUT2D eigenvalue weighted by Gasteiger charge is 2.38. The smallest absolute Gasteiger partial charge is 0.286 e. The van der Waals surface area contributed by atoms with Crippen molar-refractivity contribution in [2.24, 2.45) is 0 Å². The highest BCUT2D eigenvalue weighted by molar-refractivity contribution is 8.17. The Labute approximate surface area is 209 Å². The van der Waals surface area contributed by atoms with Crippen molar-refractivity contribution >= 4 is 45.2 Å². The third kappa shape index (κ3) is 7.92. The fourth-order valence-corrected chi connectivity index (χ4v) is 6.97. The van der Waals surface area contributed by atoms with E-state index in [0.29, 0.717) is 6.54 Å². The number of ether oxygens (including phenoxy) is 2. The molecule has 0 aromatic heterocycles. The molecule has 34 heavy (non-hydrogen) atoms. The van der Waals surface area contributed by atoms with E-state index in [-0.39, 0.29) is 58.9 Å². The number of rotatable bonds is 14. The van der Waals surface area contributed by atoms with Gasteiger partial charge >= 0.3 is 0 Å². The second-order valence-electron chi connectivity index (χ2n) is 7.49. The first-order valence-electron chi connectivity index (χ1n) is 11.0. The summed E-state index contributed by atoms with van der Waals surface area (Å²) in [7, 11) is -2.17. The lowest BCUT2D eigenvalue weighted by Gasteiger charge is -2.31. The summed E-state index contributed by atoms with van der Waals surface area (Å²) in [5.74, 6) is 1.75. The van der Waals surface area contributed by atoms with Crippen molar-refractivity contribution < 1.29 is 31.8 Å². The van der Waals surface area contributed by atoms with Crippen LogP contribution in [0.1, 0.15) is 43.5 Å². The van der Waals surface area contributed by atoms with Gasteiger partial charge in [-0.1, -0.05) is 13.8 Å². The summed E-state index contributed by atoms with van der Waals surface area (Å²) in [6, 6.07) is 2.54. The first kappa shape index (κ1) is 28.5. The molecule has 1 fully saturated rings. The van der Waals surface area contributed by atoms with Gasteiger partial charge in [-0.05, 0) is 24.3 Å². The average molecular weight is 537 g/mol. The summed E-state index contributed by atoms with van der Waals surface area (Å²) in [6.07, 6.45) is 2.90. The SMILES string of the molecule is CCSC(SCC)[C@@H]1CCCN1C(=O)c1cc(OC)c(OCCCOS(C)(=O)=O)cc1[N+](=O)[O-]. The number of nitrogens with zero attached hydrogens (tertiary/aromatic N) is 2. The predicted octanol–water partition coefficient (Wildman–Crippen LogP) is 3.79. The number of nitro benzene ring substituents is 1. The van der Waals surface area contributed by atoms with Crippen molar-refractivity contribution in [3.05, 3.63) is 27.8 Å². The molecule has 1 aromatic carbocycles. The van der Waals surface area contributed by atoms with Crippen LogP contribution in [0.15, 0.2) is 12.1 Å². The molecule has 0 radical (unpaired) electrons. The number of likely N-dealkylation sites (tertiary alicyclic amines) is 1. The Bertz CT molecular complexity index is 952. The van der Waals surface area contributed by atoms with Gasteiger partial charge in [-0.2, -0.15) is 8.42 Å². The van der Waals surface area contributed by atoms with Crippen LogP contribution in [0, 0.1) is 10.1 Å². The third-order valence-corrected chi connectivity index (χ3v) is 8.45. The monoisotopic (exact) mass is 536 g/mol. The Morgan fingerprint density at radius 3 is 2.47 bits per heavy atom. The third-order valence-electron chi connectivity index (χ3n) is 5.09. The predicted molar refractivity (Wildman–Crippen MR) is 135 cm³/mol. The van der Waals surface area contributed by atoms with E-state index in [9.17, 15) is 23.3 Å². The molecule has 192 valence electrons. The van der Waals surface area contributed by atoms with Crippen LogP contribution in [0.2, 0.25) is 0 Å². The normalized spacial score (nSPS) is 16.1. The molecule has 2 rings (SSSR count). The van der Waals surface area contributed by atoms with Gasteiger partial charge in [-0.3, -0.25) is 19.1 Å². The maximum absolute atomic E-state index is 13.5. The molecule has 0 unspecified atom stereocenters. The molecular weight excluding hydrogens is 504 g/mol. The lowest BCUT2D eigenvalue weighted by molar-refractivity contribution is -0.385. The maximum atomic E-state index is 13.5. The molecule has 13 heteroatoms. The van der Waals surface area contributed by atoms with Crippen LogP contribution in [0.3, 0.4) is 0 Å². The quantitative estimate of drug-likeness (QED) is 0.114. The van der Waals surface area contributed by atoms with E-state index in [2.05, 4.69) is 18.0 Å². The number of carbonyl (C=O) groups excluding carboxylic acids is 1. The van der Waals surface area contributed by atoms with Gasteiger partial charge in [0, 0.05) is 19.0 Å². The van der Waals surface area contributed by atoms with E-state index < -0.39 is 15.0 Å². The Kier molecular flexibility index (Phi) is 11.3. The van der Waals surface area contributed by atoms with Gasteiger partial charge in [0.05, 0.1) is 48.2 Å². The summed E-state index contributed by atoms with van der Waals surface area (Å²) in [6.45, 7) is 4.68. The van der Waals surface area contributed by atoms with Crippen molar-refractivity contribution in [1.82, 2.24) is 4.90 Å². The lowest BCUT2D eigenvalue weighted by Crippen LogP contribution is -2.41. The first-order chi connectivity index (χ1) is 16.1. The van der Waals surface area contributed by atoms with E-state index >= 15 is 0 Å². The molecule has 1 amide bonds. The standard InChI is InChI=1S/C21H32N2O8S3/c1-5-32-21(33-6-2)16-9-7-10-22(16)20(24)15-13-18(29-3)19(14-17(15)23(25)26)30-11-8-12-31-34(4,27)28/h13-14,16,21H,5-12H2,1-4H3/t16-/m0/s1. The highest BCUT2D eigenvalue weighted by Crippen LogP contribution is 2.39. The first-order valence-corrected chi connectivity index (χ1v) is 14.9. The lowest BCUT2D eigenvalue weighted by atomic mass is 10.1. The number of benzene rings is 1. The van der Waals surface area contributed by atoms with Crippen molar-refractivity contribution in [2.75, 3.05) is 44.6 Å². The van der Waals surface area contributed by atoms with Gasteiger partial charge in [0.25, 0.3) is 21.7 Å². The summed E-state index contributed by atoms with van der Waals surface area (Å²) in [4.78, 5) is 26.5. The van der Waals surface area contributed by atoms with Crippen LogP contribution in [-0.2, 0) is 14.3 Å². The summed E-state index contributed by atoms with van der Waals surface area (Å²) in [5, 5.41) is 11.8. The highest BCUT2D eigenvalue weighted by atomic mass is 32.2. The minimum Gasteiger partial charge on any atom is -0.493 e. The fourth-order valence-electron chi connectivity index (χ4n) is 3.68. The summed E-state index contributed by atoms with van der Waals surface area (Å²) >= 11 is 3.58. The van der Waals surface area contributed by atoms with Crippen molar-refractivity contribution in [3.8, 4) is 11.5 Å².